The molecule has 0 spiro atoms. The van der Waals surface area contributed by atoms with E-state index in [0.717, 1.165) is 6.07 Å². The van der Waals surface area contributed by atoms with Gasteiger partial charge >= 0.3 is 6.18 Å². The highest BCUT2D eigenvalue weighted by atomic mass is 32.2. The Morgan fingerprint density at radius 2 is 2.05 bits per heavy atom. The largest absolute Gasteiger partial charge is 0.463 e. The van der Waals surface area contributed by atoms with E-state index in [4.69, 9.17) is 4.42 Å². The number of hydrogen-bond donors (Lipinski definition) is 2. The predicted octanol–water partition coefficient (Wildman–Crippen LogP) is 1.61. The molecule has 22 heavy (non-hydrogen) atoms. The molecule has 1 aromatic rings. The SMILES string of the molecule is Cc1ccc(C(O)(CC(=O)NCCCS(C)=O)C(F)(F)F)o1. The first-order chi connectivity index (χ1) is 10.1. The molecule has 0 saturated carbocycles. The Labute approximate surface area is 128 Å². The smallest absolute Gasteiger partial charge is 0.425 e. The zero-order valence-corrected chi connectivity index (χ0v) is 13.0. The highest BCUT2D eigenvalue weighted by Gasteiger charge is 2.58. The van der Waals surface area contributed by atoms with E-state index in [0.29, 0.717) is 12.2 Å². The number of halogens is 3. The molecule has 2 unspecified atom stereocenters. The van der Waals surface area contributed by atoms with Crippen molar-refractivity contribution in [3.05, 3.63) is 23.7 Å². The molecule has 0 radical (unpaired) electrons. The number of aliphatic hydroxyl groups is 1. The molecule has 0 saturated heterocycles. The summed E-state index contributed by atoms with van der Waals surface area (Å²) in [6.45, 7) is 1.52. The van der Waals surface area contributed by atoms with E-state index in [1.165, 1.54) is 19.2 Å². The minimum atomic E-state index is -5.06. The third-order valence-corrected chi connectivity index (χ3v) is 3.83. The van der Waals surface area contributed by atoms with Gasteiger partial charge in [-0.15, -0.1) is 0 Å². The maximum absolute atomic E-state index is 13.1. The van der Waals surface area contributed by atoms with E-state index in [1.807, 2.05) is 0 Å². The topological polar surface area (TPSA) is 79.5 Å². The van der Waals surface area contributed by atoms with Crippen molar-refractivity contribution in [3.63, 3.8) is 0 Å². The summed E-state index contributed by atoms with van der Waals surface area (Å²) in [4.78, 5) is 11.6. The van der Waals surface area contributed by atoms with Crippen LogP contribution in [-0.4, -0.2) is 40.0 Å². The first-order valence-electron chi connectivity index (χ1n) is 6.49. The molecule has 0 aliphatic heterocycles. The lowest BCUT2D eigenvalue weighted by Crippen LogP contribution is -2.46. The summed E-state index contributed by atoms with van der Waals surface area (Å²) < 4.78 is 55.0. The van der Waals surface area contributed by atoms with Gasteiger partial charge in [0.05, 0.1) is 6.42 Å². The summed E-state index contributed by atoms with van der Waals surface area (Å²) >= 11 is 0. The highest BCUT2D eigenvalue weighted by molar-refractivity contribution is 7.84. The van der Waals surface area contributed by atoms with Crippen LogP contribution in [0.25, 0.3) is 0 Å². The number of carbonyl (C=O) groups is 1. The van der Waals surface area contributed by atoms with Gasteiger partial charge in [0.1, 0.15) is 11.5 Å². The highest BCUT2D eigenvalue weighted by Crippen LogP contribution is 2.42. The number of nitrogens with one attached hydrogen (secondary N) is 1. The molecule has 126 valence electrons. The van der Waals surface area contributed by atoms with Crippen molar-refractivity contribution < 1.29 is 31.7 Å². The zero-order chi connectivity index (χ0) is 17.0. The Morgan fingerprint density at radius 1 is 1.41 bits per heavy atom. The number of hydrogen-bond acceptors (Lipinski definition) is 4. The molecule has 1 amide bonds. The quantitative estimate of drug-likeness (QED) is 0.739. The van der Waals surface area contributed by atoms with Crippen LogP contribution in [0.1, 0.15) is 24.4 Å². The lowest BCUT2D eigenvalue weighted by Gasteiger charge is -2.27. The fraction of sp³-hybridized carbons (Fsp3) is 0.615. The average Bonchev–Trinajstić information content (AvgIpc) is 2.80. The second-order valence-electron chi connectivity index (χ2n) is 4.93. The maximum Gasteiger partial charge on any atom is 0.425 e. The molecule has 9 heteroatoms. The summed E-state index contributed by atoms with van der Waals surface area (Å²) in [5, 5.41) is 12.2. The Morgan fingerprint density at radius 3 is 2.50 bits per heavy atom. The minimum Gasteiger partial charge on any atom is -0.463 e. The lowest BCUT2D eigenvalue weighted by atomic mass is 9.95. The predicted molar refractivity (Wildman–Crippen MR) is 74.6 cm³/mol. The third kappa shape index (κ3) is 4.84. The standard InChI is InChI=1S/C13H18F3NO4S/c1-9-4-5-10(21-9)12(19,13(14,15)16)8-11(18)17-6-3-7-22(2)20/h4-5,19H,3,6-8H2,1-2H3,(H,17,18). The number of aryl methyl sites for hydroxylation is 1. The minimum absolute atomic E-state index is 0.0868. The Hall–Kier alpha value is -1.35. The molecule has 1 rings (SSSR count). The second-order valence-corrected chi connectivity index (χ2v) is 6.48. The van der Waals surface area contributed by atoms with Crippen LogP contribution in [0, 0.1) is 6.92 Å². The molecule has 2 N–H and O–H groups in total. The van der Waals surface area contributed by atoms with Crippen LogP contribution in [0.2, 0.25) is 0 Å². The second kappa shape index (κ2) is 7.28. The molecule has 5 nitrogen and oxygen atoms in total. The van der Waals surface area contributed by atoms with Crippen LogP contribution in [0.5, 0.6) is 0 Å². The Bertz CT molecular complexity index is 544. The summed E-state index contributed by atoms with van der Waals surface area (Å²) in [6, 6.07) is 2.27. The zero-order valence-electron chi connectivity index (χ0n) is 12.2. The maximum atomic E-state index is 13.1. The molecular formula is C13H18F3NO4S. The van der Waals surface area contributed by atoms with E-state index in [1.54, 1.807) is 0 Å². The van der Waals surface area contributed by atoms with Gasteiger partial charge in [0.15, 0.2) is 0 Å². The van der Waals surface area contributed by atoms with E-state index in [2.05, 4.69) is 5.32 Å². The summed E-state index contributed by atoms with van der Waals surface area (Å²) in [6.07, 6.45) is -4.39. The van der Waals surface area contributed by atoms with Gasteiger partial charge in [0.2, 0.25) is 11.5 Å². The summed E-state index contributed by atoms with van der Waals surface area (Å²) in [7, 11) is -1.04. The Balaban J connectivity index is 2.74. The van der Waals surface area contributed by atoms with Crippen LogP contribution >= 0.6 is 0 Å². The number of rotatable bonds is 7. The van der Waals surface area contributed by atoms with Crippen molar-refractivity contribution >= 4 is 16.7 Å². The first kappa shape index (κ1) is 18.7. The molecule has 2 atom stereocenters. The summed E-state index contributed by atoms with van der Waals surface area (Å²) in [5.41, 5.74) is -3.38. The molecule has 0 aromatic carbocycles. The van der Waals surface area contributed by atoms with Gasteiger partial charge in [-0.2, -0.15) is 13.2 Å². The molecular weight excluding hydrogens is 323 g/mol. The monoisotopic (exact) mass is 341 g/mol. The average molecular weight is 341 g/mol. The number of amides is 1. The molecule has 0 aliphatic rings. The number of carbonyl (C=O) groups excluding carboxylic acids is 1. The van der Waals surface area contributed by atoms with E-state index >= 15 is 0 Å². The van der Waals surface area contributed by atoms with Crippen LogP contribution in [0.15, 0.2) is 16.5 Å². The molecule has 0 bridgehead atoms. The lowest BCUT2D eigenvalue weighted by molar-refractivity contribution is -0.273. The van der Waals surface area contributed by atoms with Crippen molar-refractivity contribution in [3.8, 4) is 0 Å². The fourth-order valence-corrected chi connectivity index (χ4v) is 2.33. The van der Waals surface area contributed by atoms with Crippen LogP contribution in [0.4, 0.5) is 13.2 Å². The molecule has 0 fully saturated rings. The van der Waals surface area contributed by atoms with Crippen molar-refractivity contribution in [1.82, 2.24) is 5.32 Å². The van der Waals surface area contributed by atoms with Crippen molar-refractivity contribution in [2.75, 3.05) is 18.6 Å². The molecule has 1 aromatic heterocycles. The van der Waals surface area contributed by atoms with E-state index < -0.39 is 40.7 Å². The van der Waals surface area contributed by atoms with Crippen LogP contribution in [-0.2, 0) is 21.2 Å². The van der Waals surface area contributed by atoms with Crippen molar-refractivity contribution in [2.24, 2.45) is 0 Å². The van der Waals surface area contributed by atoms with E-state index in [-0.39, 0.29) is 12.3 Å². The van der Waals surface area contributed by atoms with Gasteiger partial charge in [-0.25, -0.2) is 0 Å². The van der Waals surface area contributed by atoms with E-state index in [9.17, 15) is 27.3 Å². The first-order valence-corrected chi connectivity index (χ1v) is 8.22. The van der Waals surface area contributed by atoms with Crippen LogP contribution in [0.3, 0.4) is 0 Å². The third-order valence-electron chi connectivity index (χ3n) is 2.96. The normalized spacial score (nSPS) is 16.1. The summed E-state index contributed by atoms with van der Waals surface area (Å²) in [5.74, 6) is -1.15. The van der Waals surface area contributed by atoms with Crippen LogP contribution < -0.4 is 5.32 Å². The van der Waals surface area contributed by atoms with Gasteiger partial charge in [-0.3, -0.25) is 9.00 Å². The van der Waals surface area contributed by atoms with Crippen molar-refractivity contribution in [2.45, 2.75) is 31.5 Å². The number of alkyl halides is 3. The number of furan rings is 1. The van der Waals surface area contributed by atoms with Gasteiger partial charge < -0.3 is 14.8 Å². The van der Waals surface area contributed by atoms with Gasteiger partial charge in [0.25, 0.3) is 0 Å². The molecule has 1 heterocycles. The molecule has 0 aliphatic carbocycles. The van der Waals surface area contributed by atoms with Crippen molar-refractivity contribution in [1.29, 1.82) is 0 Å². The van der Waals surface area contributed by atoms with Gasteiger partial charge in [0, 0.05) is 29.4 Å². The van der Waals surface area contributed by atoms with Gasteiger partial charge in [-0.1, -0.05) is 0 Å². The Kier molecular flexibility index (Phi) is 6.18. The fourth-order valence-electron chi connectivity index (χ4n) is 1.78. The van der Waals surface area contributed by atoms with Gasteiger partial charge in [-0.05, 0) is 25.5 Å².